The molecule has 5 rings (SSSR count). The van der Waals surface area contributed by atoms with E-state index in [0.29, 0.717) is 5.92 Å². The van der Waals surface area contributed by atoms with Crippen molar-refractivity contribution in [1.82, 2.24) is 14.9 Å². The van der Waals surface area contributed by atoms with Crippen LogP contribution in [0, 0.1) is 12.8 Å². The predicted octanol–water partition coefficient (Wildman–Crippen LogP) is 6.08. The smallest absolute Gasteiger partial charge is 0.253 e. The Morgan fingerprint density at radius 3 is 2.73 bits per heavy atom. The molecule has 1 aliphatic heterocycles. The molecule has 1 aromatic carbocycles. The second-order valence-electron chi connectivity index (χ2n) is 9.39. The Morgan fingerprint density at radius 2 is 1.97 bits per heavy atom. The summed E-state index contributed by atoms with van der Waals surface area (Å²) in [5.41, 5.74) is 4.80. The number of rotatable bonds is 7. The zero-order valence-corrected chi connectivity index (χ0v) is 20.2. The van der Waals surface area contributed by atoms with Crippen molar-refractivity contribution in [1.29, 1.82) is 0 Å². The molecular formula is C27H33N3O2S. The summed E-state index contributed by atoms with van der Waals surface area (Å²) in [6.07, 6.45) is 8.72. The van der Waals surface area contributed by atoms with Gasteiger partial charge in [0.2, 0.25) is 0 Å². The number of amides is 1. The maximum Gasteiger partial charge on any atom is 0.253 e. The number of thiazole rings is 1. The van der Waals surface area contributed by atoms with E-state index in [2.05, 4.69) is 34.3 Å². The molecule has 2 aliphatic rings. The second-order valence-corrected chi connectivity index (χ2v) is 10.3. The molecule has 0 radical (unpaired) electrons. The summed E-state index contributed by atoms with van der Waals surface area (Å²) in [4.78, 5) is 18.1. The molecule has 1 unspecified atom stereocenters. The lowest BCUT2D eigenvalue weighted by Crippen LogP contribution is -2.30. The molecule has 33 heavy (non-hydrogen) atoms. The van der Waals surface area contributed by atoms with Crippen molar-refractivity contribution in [3.05, 3.63) is 53.0 Å². The highest BCUT2D eigenvalue weighted by Crippen LogP contribution is 2.32. The van der Waals surface area contributed by atoms with Gasteiger partial charge in [-0.1, -0.05) is 49.6 Å². The Hall–Kier alpha value is -2.44. The number of aromatic nitrogens is 2. The summed E-state index contributed by atoms with van der Waals surface area (Å²) < 4.78 is 8.18. The van der Waals surface area contributed by atoms with E-state index >= 15 is 0 Å². The number of ether oxygens (including phenoxy) is 1. The predicted molar refractivity (Wildman–Crippen MR) is 134 cm³/mol. The van der Waals surface area contributed by atoms with E-state index in [1.165, 1.54) is 32.1 Å². The quantitative estimate of drug-likeness (QED) is 0.462. The van der Waals surface area contributed by atoms with Gasteiger partial charge >= 0.3 is 0 Å². The van der Waals surface area contributed by atoms with Crippen molar-refractivity contribution in [3.63, 3.8) is 0 Å². The standard InChI is InChI=1S/C27H33N3O2S/c1-19-23(26(31)28-16-20-9-4-2-5-10-20)15-25(30(19)17-22-13-8-14-32-22)24-18-33-27(29-24)21-11-6-3-7-12-21/h3,6-7,11-12,15,18,20,22H,2,4-5,8-10,13-14,16-17H2,1H3,(H,28,31). The highest BCUT2D eigenvalue weighted by atomic mass is 32.1. The molecular weight excluding hydrogens is 430 g/mol. The van der Waals surface area contributed by atoms with Crippen molar-refractivity contribution in [3.8, 4) is 22.0 Å². The Bertz CT molecular complexity index is 1080. The molecule has 0 bridgehead atoms. The third kappa shape index (κ3) is 5.07. The lowest BCUT2D eigenvalue weighted by atomic mass is 9.89. The molecule has 3 heterocycles. The molecule has 5 nitrogen and oxygen atoms in total. The van der Waals surface area contributed by atoms with E-state index < -0.39 is 0 Å². The van der Waals surface area contributed by atoms with Gasteiger partial charge in [0, 0.05) is 36.3 Å². The number of benzene rings is 1. The summed E-state index contributed by atoms with van der Waals surface area (Å²) in [6, 6.07) is 12.3. The molecule has 6 heteroatoms. The van der Waals surface area contributed by atoms with Gasteiger partial charge in [0.1, 0.15) is 5.01 Å². The molecule has 1 N–H and O–H groups in total. The number of carbonyl (C=O) groups excluding carboxylic acids is 1. The van der Waals surface area contributed by atoms with Crippen molar-refractivity contribution in [2.45, 2.75) is 64.5 Å². The molecule has 3 aromatic rings. The lowest BCUT2D eigenvalue weighted by Gasteiger charge is -2.21. The van der Waals surface area contributed by atoms with Crippen LogP contribution in [0.3, 0.4) is 0 Å². The fourth-order valence-corrected chi connectivity index (χ4v) is 5.96. The minimum Gasteiger partial charge on any atom is -0.376 e. The summed E-state index contributed by atoms with van der Waals surface area (Å²) >= 11 is 1.65. The Labute approximate surface area is 200 Å². The summed E-state index contributed by atoms with van der Waals surface area (Å²) in [5, 5.41) is 6.33. The van der Waals surface area contributed by atoms with Gasteiger partial charge in [-0.2, -0.15) is 0 Å². The van der Waals surface area contributed by atoms with Crippen LogP contribution in [0.4, 0.5) is 0 Å². The van der Waals surface area contributed by atoms with Gasteiger partial charge in [0.05, 0.1) is 23.1 Å². The molecule has 174 valence electrons. The zero-order valence-electron chi connectivity index (χ0n) is 19.4. The Morgan fingerprint density at radius 1 is 1.15 bits per heavy atom. The largest absolute Gasteiger partial charge is 0.376 e. The van der Waals surface area contributed by atoms with Crippen LogP contribution in [0.1, 0.15) is 61.0 Å². The molecule has 2 fully saturated rings. The molecule has 1 atom stereocenters. The summed E-state index contributed by atoms with van der Waals surface area (Å²) in [5.74, 6) is 0.646. The molecule has 2 aromatic heterocycles. The molecule has 1 saturated carbocycles. The molecule has 1 amide bonds. The number of carbonyl (C=O) groups is 1. The van der Waals surface area contributed by atoms with Gasteiger partial charge < -0.3 is 14.6 Å². The molecule has 1 aliphatic carbocycles. The number of nitrogens with one attached hydrogen (secondary N) is 1. The van der Waals surface area contributed by atoms with E-state index in [-0.39, 0.29) is 12.0 Å². The number of nitrogens with zero attached hydrogens (tertiary/aromatic N) is 2. The first-order valence-electron chi connectivity index (χ1n) is 12.3. The third-order valence-corrected chi connectivity index (χ3v) is 7.98. The topological polar surface area (TPSA) is 56.2 Å². The van der Waals surface area contributed by atoms with Crippen LogP contribution in [-0.4, -0.2) is 34.7 Å². The van der Waals surface area contributed by atoms with Gasteiger partial charge in [-0.25, -0.2) is 4.98 Å². The second kappa shape index (κ2) is 10.2. The van der Waals surface area contributed by atoms with Crippen LogP contribution in [0.2, 0.25) is 0 Å². The monoisotopic (exact) mass is 463 g/mol. The third-order valence-electron chi connectivity index (χ3n) is 7.08. The Balaban J connectivity index is 1.42. The highest BCUT2D eigenvalue weighted by Gasteiger charge is 2.25. The van der Waals surface area contributed by atoms with E-state index in [9.17, 15) is 4.79 Å². The van der Waals surface area contributed by atoms with Crippen LogP contribution in [0.25, 0.3) is 22.0 Å². The van der Waals surface area contributed by atoms with Gasteiger partial charge in [-0.3, -0.25) is 4.79 Å². The maximum absolute atomic E-state index is 13.2. The van der Waals surface area contributed by atoms with Crippen molar-refractivity contribution >= 4 is 17.2 Å². The van der Waals surface area contributed by atoms with Gasteiger partial charge in [-0.05, 0) is 44.6 Å². The van der Waals surface area contributed by atoms with Gasteiger partial charge in [-0.15, -0.1) is 11.3 Å². The lowest BCUT2D eigenvalue weighted by molar-refractivity contribution is 0.0933. The van der Waals surface area contributed by atoms with Crippen LogP contribution in [0.5, 0.6) is 0 Å². The first kappa shape index (κ1) is 22.4. The van der Waals surface area contributed by atoms with Gasteiger partial charge in [0.25, 0.3) is 5.91 Å². The van der Waals surface area contributed by atoms with Crippen molar-refractivity contribution < 1.29 is 9.53 Å². The summed E-state index contributed by atoms with van der Waals surface area (Å²) in [7, 11) is 0. The number of hydrogen-bond donors (Lipinski definition) is 1. The normalized spacial score (nSPS) is 19.1. The Kier molecular flexibility index (Phi) is 6.93. The van der Waals surface area contributed by atoms with Crippen LogP contribution in [-0.2, 0) is 11.3 Å². The van der Waals surface area contributed by atoms with Crippen LogP contribution >= 0.6 is 11.3 Å². The first-order chi connectivity index (χ1) is 16.2. The van der Waals surface area contributed by atoms with Gasteiger partial charge in [0.15, 0.2) is 0 Å². The van der Waals surface area contributed by atoms with Crippen LogP contribution < -0.4 is 5.32 Å². The van der Waals surface area contributed by atoms with E-state index in [1.54, 1.807) is 11.3 Å². The van der Waals surface area contributed by atoms with E-state index in [4.69, 9.17) is 9.72 Å². The van der Waals surface area contributed by atoms with Crippen molar-refractivity contribution in [2.75, 3.05) is 13.2 Å². The minimum atomic E-state index is 0.0314. The van der Waals surface area contributed by atoms with Crippen LogP contribution in [0.15, 0.2) is 41.8 Å². The SMILES string of the molecule is Cc1c(C(=O)NCC2CCCCC2)cc(-c2csc(-c3ccccc3)n2)n1CC1CCCO1. The fraction of sp³-hybridized carbons (Fsp3) is 0.481. The first-order valence-corrected chi connectivity index (χ1v) is 13.2. The average Bonchev–Trinajstić information content (AvgIpc) is 3.61. The average molecular weight is 464 g/mol. The summed E-state index contributed by atoms with van der Waals surface area (Å²) in [6.45, 7) is 4.41. The van der Waals surface area contributed by atoms with Crippen molar-refractivity contribution in [2.24, 2.45) is 5.92 Å². The highest BCUT2D eigenvalue weighted by molar-refractivity contribution is 7.13. The number of hydrogen-bond acceptors (Lipinski definition) is 4. The minimum absolute atomic E-state index is 0.0314. The zero-order chi connectivity index (χ0) is 22.6. The molecule has 0 spiro atoms. The van der Waals surface area contributed by atoms with E-state index in [1.807, 2.05) is 24.3 Å². The van der Waals surface area contributed by atoms with E-state index in [0.717, 1.165) is 65.8 Å². The fourth-order valence-electron chi connectivity index (χ4n) is 5.14. The maximum atomic E-state index is 13.2. The molecule has 1 saturated heterocycles.